The van der Waals surface area contributed by atoms with Gasteiger partial charge in [-0.2, -0.15) is 9.61 Å². The van der Waals surface area contributed by atoms with Crippen molar-refractivity contribution in [2.75, 3.05) is 19.8 Å². The molecule has 1 aliphatic heterocycles. The molecule has 0 aromatic carbocycles. The van der Waals surface area contributed by atoms with E-state index in [9.17, 15) is 0 Å². The number of hydrogen-bond donors (Lipinski definition) is 1. The second-order valence-electron chi connectivity index (χ2n) is 5.63. The Hall–Kier alpha value is -1.05. The number of nitrogens with one attached hydrogen (secondary N) is 1. The first-order chi connectivity index (χ1) is 9.86. The van der Waals surface area contributed by atoms with E-state index >= 15 is 0 Å². The Balaban J connectivity index is 1.65. The maximum Gasteiger partial charge on any atom is 0.234 e. The Morgan fingerprint density at radius 2 is 2.25 bits per heavy atom. The highest BCUT2D eigenvalue weighted by atomic mass is 32.1. The predicted molar refractivity (Wildman–Crippen MR) is 76.3 cm³/mol. The fraction of sp³-hybridized carbons (Fsp3) is 0.769. The van der Waals surface area contributed by atoms with Crippen LogP contribution in [0, 0.1) is 0 Å². The Labute approximate surface area is 121 Å². The summed E-state index contributed by atoms with van der Waals surface area (Å²) < 4.78 is 7.58. The lowest BCUT2D eigenvalue weighted by Crippen LogP contribution is -2.34. The van der Waals surface area contributed by atoms with E-state index in [1.807, 2.05) is 4.52 Å². The molecule has 1 saturated carbocycles. The standard InChI is InChI=1S/C13H19N5OS/c1-2-14-10-7-19-6-9(10)12-17-18-11(8-4-3-5-8)15-16-13(18)20-12/h8-10,14H,2-7H2,1H3. The highest BCUT2D eigenvalue weighted by Gasteiger charge is 2.33. The molecule has 7 heteroatoms. The van der Waals surface area contributed by atoms with Crippen LogP contribution in [-0.2, 0) is 4.74 Å². The van der Waals surface area contributed by atoms with Gasteiger partial charge < -0.3 is 10.1 Å². The van der Waals surface area contributed by atoms with Gasteiger partial charge in [0.25, 0.3) is 0 Å². The largest absolute Gasteiger partial charge is 0.379 e. The van der Waals surface area contributed by atoms with E-state index in [-0.39, 0.29) is 0 Å². The van der Waals surface area contributed by atoms with Gasteiger partial charge in [-0.1, -0.05) is 24.7 Å². The molecule has 3 heterocycles. The van der Waals surface area contributed by atoms with Crippen LogP contribution in [-0.4, -0.2) is 45.6 Å². The first-order valence-electron chi connectivity index (χ1n) is 7.40. The predicted octanol–water partition coefficient (Wildman–Crippen LogP) is 1.55. The van der Waals surface area contributed by atoms with Gasteiger partial charge in [0.05, 0.1) is 19.1 Å². The van der Waals surface area contributed by atoms with E-state index in [0.29, 0.717) is 17.9 Å². The fourth-order valence-electron chi connectivity index (χ4n) is 2.98. The summed E-state index contributed by atoms with van der Waals surface area (Å²) in [5.41, 5.74) is 0. The zero-order valence-corrected chi connectivity index (χ0v) is 12.4. The van der Waals surface area contributed by atoms with E-state index in [0.717, 1.165) is 35.6 Å². The minimum absolute atomic E-state index is 0.343. The lowest BCUT2D eigenvalue weighted by molar-refractivity contribution is 0.187. The van der Waals surface area contributed by atoms with Crippen molar-refractivity contribution in [2.24, 2.45) is 0 Å². The zero-order valence-electron chi connectivity index (χ0n) is 11.6. The van der Waals surface area contributed by atoms with Crippen molar-refractivity contribution >= 4 is 16.3 Å². The van der Waals surface area contributed by atoms with Gasteiger partial charge in [-0.25, -0.2) is 0 Å². The smallest absolute Gasteiger partial charge is 0.234 e. The average molecular weight is 293 g/mol. The van der Waals surface area contributed by atoms with E-state index in [1.165, 1.54) is 19.3 Å². The summed E-state index contributed by atoms with van der Waals surface area (Å²) in [4.78, 5) is 0.920. The van der Waals surface area contributed by atoms with Gasteiger partial charge in [0.1, 0.15) is 5.01 Å². The molecular weight excluding hydrogens is 274 g/mol. The number of ether oxygens (including phenoxy) is 1. The van der Waals surface area contributed by atoms with Crippen LogP contribution in [0.5, 0.6) is 0 Å². The molecule has 2 aromatic rings. The summed E-state index contributed by atoms with van der Waals surface area (Å²) in [7, 11) is 0. The summed E-state index contributed by atoms with van der Waals surface area (Å²) in [6.07, 6.45) is 3.75. The van der Waals surface area contributed by atoms with Crippen LogP contribution in [0.25, 0.3) is 4.96 Å². The average Bonchev–Trinajstić information content (AvgIpc) is 3.03. The molecule has 1 saturated heterocycles. The Kier molecular flexibility index (Phi) is 3.20. The molecule has 2 aromatic heterocycles. The number of rotatable bonds is 4. The molecular formula is C13H19N5OS. The number of aromatic nitrogens is 4. The fourth-order valence-corrected chi connectivity index (χ4v) is 3.97. The van der Waals surface area contributed by atoms with Gasteiger partial charge in [-0.3, -0.25) is 0 Å². The van der Waals surface area contributed by atoms with Gasteiger partial charge in [0.2, 0.25) is 4.96 Å². The minimum Gasteiger partial charge on any atom is -0.379 e. The van der Waals surface area contributed by atoms with E-state index in [2.05, 4.69) is 22.4 Å². The third kappa shape index (κ3) is 1.96. The Morgan fingerprint density at radius 1 is 1.35 bits per heavy atom. The van der Waals surface area contributed by atoms with Crippen LogP contribution in [0.4, 0.5) is 0 Å². The van der Waals surface area contributed by atoms with Crippen LogP contribution in [0.15, 0.2) is 0 Å². The summed E-state index contributed by atoms with van der Waals surface area (Å²) in [5.74, 6) is 1.95. The molecule has 0 radical (unpaired) electrons. The molecule has 2 fully saturated rings. The first-order valence-corrected chi connectivity index (χ1v) is 8.21. The van der Waals surface area contributed by atoms with Crippen molar-refractivity contribution in [3.63, 3.8) is 0 Å². The Morgan fingerprint density at radius 3 is 3.00 bits per heavy atom. The molecule has 108 valence electrons. The SMILES string of the molecule is CCNC1COCC1c1nn2c(C3CCC3)nnc2s1. The minimum atomic E-state index is 0.343. The van der Waals surface area contributed by atoms with Crippen LogP contribution < -0.4 is 5.32 Å². The molecule has 4 rings (SSSR count). The van der Waals surface area contributed by atoms with Crippen LogP contribution in [0.3, 0.4) is 0 Å². The molecule has 0 amide bonds. The third-order valence-electron chi connectivity index (χ3n) is 4.36. The van der Waals surface area contributed by atoms with E-state index in [1.54, 1.807) is 11.3 Å². The van der Waals surface area contributed by atoms with Crippen LogP contribution in [0.2, 0.25) is 0 Å². The summed E-state index contributed by atoms with van der Waals surface area (Å²) in [5, 5.41) is 18.0. The molecule has 0 spiro atoms. The van der Waals surface area contributed by atoms with Crippen molar-refractivity contribution in [1.29, 1.82) is 0 Å². The van der Waals surface area contributed by atoms with Gasteiger partial charge >= 0.3 is 0 Å². The quantitative estimate of drug-likeness (QED) is 0.926. The number of nitrogens with zero attached hydrogens (tertiary/aromatic N) is 4. The Bertz CT molecular complexity index is 605. The topological polar surface area (TPSA) is 64.3 Å². The highest BCUT2D eigenvalue weighted by molar-refractivity contribution is 7.16. The van der Waals surface area contributed by atoms with Gasteiger partial charge in [-0.15, -0.1) is 10.2 Å². The maximum atomic E-state index is 5.62. The number of likely N-dealkylation sites (N-methyl/N-ethyl adjacent to an activating group) is 1. The van der Waals surface area contributed by atoms with Gasteiger partial charge in [0.15, 0.2) is 5.82 Å². The lowest BCUT2D eigenvalue weighted by atomic mass is 9.85. The molecule has 0 bridgehead atoms. The molecule has 2 unspecified atom stereocenters. The van der Waals surface area contributed by atoms with Gasteiger partial charge in [0, 0.05) is 12.0 Å². The molecule has 20 heavy (non-hydrogen) atoms. The van der Waals surface area contributed by atoms with Crippen molar-refractivity contribution < 1.29 is 4.74 Å². The highest BCUT2D eigenvalue weighted by Crippen LogP contribution is 2.36. The molecule has 6 nitrogen and oxygen atoms in total. The first kappa shape index (κ1) is 12.7. The van der Waals surface area contributed by atoms with Crippen molar-refractivity contribution in [3.8, 4) is 0 Å². The van der Waals surface area contributed by atoms with E-state index < -0.39 is 0 Å². The maximum absolute atomic E-state index is 5.62. The monoisotopic (exact) mass is 293 g/mol. The molecule has 2 atom stereocenters. The van der Waals surface area contributed by atoms with E-state index in [4.69, 9.17) is 9.84 Å². The molecule has 2 aliphatic rings. The van der Waals surface area contributed by atoms with Crippen LogP contribution >= 0.6 is 11.3 Å². The normalized spacial score (nSPS) is 27.2. The number of fused-ring (bicyclic) bond motifs is 1. The number of hydrogen-bond acceptors (Lipinski definition) is 6. The van der Waals surface area contributed by atoms with Gasteiger partial charge in [-0.05, 0) is 19.4 Å². The second-order valence-corrected chi connectivity index (χ2v) is 6.62. The summed E-state index contributed by atoms with van der Waals surface area (Å²) in [6, 6.07) is 0.371. The van der Waals surface area contributed by atoms with Crippen molar-refractivity contribution in [1.82, 2.24) is 25.1 Å². The second kappa shape index (κ2) is 5.05. The van der Waals surface area contributed by atoms with Crippen molar-refractivity contribution in [3.05, 3.63) is 10.8 Å². The lowest BCUT2D eigenvalue weighted by Gasteiger charge is -2.22. The molecule has 1 aliphatic carbocycles. The van der Waals surface area contributed by atoms with Crippen LogP contribution in [0.1, 0.15) is 48.9 Å². The third-order valence-corrected chi connectivity index (χ3v) is 5.40. The van der Waals surface area contributed by atoms with Crippen molar-refractivity contribution in [2.45, 2.75) is 44.1 Å². The summed E-state index contributed by atoms with van der Waals surface area (Å²) in [6.45, 7) is 4.61. The zero-order chi connectivity index (χ0) is 13.5. The summed E-state index contributed by atoms with van der Waals surface area (Å²) >= 11 is 1.66. The molecule has 1 N–H and O–H groups in total.